The van der Waals surface area contributed by atoms with E-state index in [1.165, 1.54) is 13.0 Å². The molecule has 0 aromatic heterocycles. The number of morpholine rings is 1. The highest BCUT2D eigenvalue weighted by Crippen LogP contribution is 2.34. The first-order valence-electron chi connectivity index (χ1n) is 7.80. The molecule has 0 aliphatic carbocycles. The van der Waals surface area contributed by atoms with Crippen molar-refractivity contribution >= 4 is 5.69 Å². The number of alkyl halides is 2. The molecular weight excluding hydrogens is 291 g/mol. The van der Waals surface area contributed by atoms with E-state index >= 15 is 0 Å². The van der Waals surface area contributed by atoms with Crippen molar-refractivity contribution in [1.29, 1.82) is 0 Å². The standard InChI is InChI=1S/C17H24F3NO/c1-5-17(19,20)15-10-22-7-6-21(15)13-8-12(4)16(11(2)3)14(18)9-13/h8-9,11,15H,5-7,10H2,1-4H3. The fraction of sp³-hybridized carbons (Fsp3) is 0.647. The van der Waals surface area contributed by atoms with E-state index in [0.29, 0.717) is 24.4 Å². The third-order valence-corrected chi connectivity index (χ3v) is 4.32. The van der Waals surface area contributed by atoms with Crippen molar-refractivity contribution in [2.75, 3.05) is 24.7 Å². The Morgan fingerprint density at radius 3 is 2.59 bits per heavy atom. The maximum absolute atomic E-state index is 14.4. The number of ether oxygens (including phenoxy) is 1. The molecule has 0 saturated carbocycles. The number of halogens is 3. The molecule has 22 heavy (non-hydrogen) atoms. The summed E-state index contributed by atoms with van der Waals surface area (Å²) in [5.74, 6) is -3.12. The highest BCUT2D eigenvalue weighted by atomic mass is 19.3. The molecule has 1 atom stereocenters. The number of hydrogen-bond acceptors (Lipinski definition) is 2. The van der Waals surface area contributed by atoms with Crippen molar-refractivity contribution in [2.24, 2.45) is 0 Å². The fourth-order valence-electron chi connectivity index (χ4n) is 3.13. The molecule has 0 amide bonds. The zero-order valence-corrected chi connectivity index (χ0v) is 13.6. The normalized spacial score (nSPS) is 19.8. The maximum Gasteiger partial charge on any atom is 0.270 e. The number of nitrogens with zero attached hydrogens (tertiary/aromatic N) is 1. The van der Waals surface area contributed by atoms with Crippen LogP contribution in [0.2, 0.25) is 0 Å². The topological polar surface area (TPSA) is 12.5 Å². The molecule has 1 fully saturated rings. The van der Waals surface area contributed by atoms with E-state index in [4.69, 9.17) is 4.74 Å². The molecule has 124 valence electrons. The van der Waals surface area contributed by atoms with Crippen molar-refractivity contribution in [3.8, 4) is 0 Å². The third kappa shape index (κ3) is 3.24. The van der Waals surface area contributed by atoms with Crippen molar-refractivity contribution in [3.63, 3.8) is 0 Å². The van der Waals surface area contributed by atoms with Gasteiger partial charge in [0.25, 0.3) is 5.92 Å². The molecule has 5 heteroatoms. The van der Waals surface area contributed by atoms with Gasteiger partial charge in [-0.15, -0.1) is 0 Å². The van der Waals surface area contributed by atoms with Crippen LogP contribution in [0.25, 0.3) is 0 Å². The van der Waals surface area contributed by atoms with Gasteiger partial charge >= 0.3 is 0 Å². The van der Waals surface area contributed by atoms with E-state index in [1.54, 1.807) is 4.90 Å². The van der Waals surface area contributed by atoms with Crippen LogP contribution in [0.1, 0.15) is 44.2 Å². The van der Waals surface area contributed by atoms with Crippen LogP contribution in [-0.4, -0.2) is 31.7 Å². The molecule has 0 radical (unpaired) electrons. The van der Waals surface area contributed by atoms with Gasteiger partial charge in [-0.2, -0.15) is 0 Å². The van der Waals surface area contributed by atoms with Gasteiger partial charge in [-0.05, 0) is 36.1 Å². The average molecular weight is 315 g/mol. The van der Waals surface area contributed by atoms with E-state index in [2.05, 4.69) is 0 Å². The summed E-state index contributed by atoms with van der Waals surface area (Å²) in [6, 6.07) is 2.14. The largest absolute Gasteiger partial charge is 0.377 e. The Bertz CT molecular complexity index is 508. The molecule has 1 aromatic carbocycles. The monoisotopic (exact) mass is 315 g/mol. The lowest BCUT2D eigenvalue weighted by atomic mass is 9.95. The molecule has 1 heterocycles. The average Bonchev–Trinajstić information content (AvgIpc) is 2.46. The number of aryl methyl sites for hydroxylation is 1. The van der Waals surface area contributed by atoms with Crippen LogP contribution in [0.4, 0.5) is 18.9 Å². The second-order valence-corrected chi connectivity index (χ2v) is 6.21. The second kappa shape index (κ2) is 6.49. The van der Waals surface area contributed by atoms with Crippen molar-refractivity contribution < 1.29 is 17.9 Å². The van der Waals surface area contributed by atoms with Gasteiger partial charge in [0.05, 0.1) is 13.2 Å². The fourth-order valence-corrected chi connectivity index (χ4v) is 3.13. The van der Waals surface area contributed by atoms with Gasteiger partial charge in [0.1, 0.15) is 11.9 Å². The number of benzene rings is 1. The first kappa shape index (κ1) is 17.1. The zero-order valence-electron chi connectivity index (χ0n) is 13.6. The number of hydrogen-bond donors (Lipinski definition) is 0. The van der Waals surface area contributed by atoms with Crippen LogP contribution in [0.15, 0.2) is 12.1 Å². The summed E-state index contributed by atoms with van der Waals surface area (Å²) in [6.45, 7) is 7.83. The summed E-state index contributed by atoms with van der Waals surface area (Å²) < 4.78 is 47.9. The summed E-state index contributed by atoms with van der Waals surface area (Å²) in [4.78, 5) is 1.59. The smallest absolute Gasteiger partial charge is 0.270 e. The van der Waals surface area contributed by atoms with E-state index in [-0.39, 0.29) is 24.8 Å². The van der Waals surface area contributed by atoms with Crippen molar-refractivity contribution in [1.82, 2.24) is 0 Å². The SMILES string of the molecule is CCC(F)(F)C1COCCN1c1cc(C)c(C(C)C)c(F)c1. The molecule has 1 saturated heterocycles. The highest BCUT2D eigenvalue weighted by Gasteiger charge is 2.43. The van der Waals surface area contributed by atoms with Crippen LogP contribution in [-0.2, 0) is 4.74 Å². The van der Waals surface area contributed by atoms with Gasteiger partial charge < -0.3 is 9.64 Å². The van der Waals surface area contributed by atoms with E-state index in [1.807, 2.05) is 26.8 Å². The minimum absolute atomic E-state index is 0.0343. The van der Waals surface area contributed by atoms with E-state index < -0.39 is 12.0 Å². The number of rotatable bonds is 4. The summed E-state index contributed by atoms with van der Waals surface area (Å²) in [5.41, 5.74) is 1.96. The molecule has 1 aliphatic heterocycles. The molecule has 2 rings (SSSR count). The van der Waals surface area contributed by atoms with Crippen molar-refractivity contribution in [3.05, 3.63) is 29.1 Å². The predicted octanol–water partition coefficient (Wildman–Crippen LogP) is 4.51. The lowest BCUT2D eigenvalue weighted by Gasteiger charge is -2.41. The number of anilines is 1. The quantitative estimate of drug-likeness (QED) is 0.810. The molecule has 1 unspecified atom stereocenters. The van der Waals surface area contributed by atoms with Gasteiger partial charge in [-0.25, -0.2) is 13.2 Å². The van der Waals surface area contributed by atoms with E-state index in [9.17, 15) is 13.2 Å². The summed E-state index contributed by atoms with van der Waals surface area (Å²) in [5, 5.41) is 0. The van der Waals surface area contributed by atoms with Crippen LogP contribution >= 0.6 is 0 Å². The summed E-state index contributed by atoms with van der Waals surface area (Å²) in [7, 11) is 0. The van der Waals surface area contributed by atoms with Gasteiger partial charge in [0, 0.05) is 18.7 Å². The second-order valence-electron chi connectivity index (χ2n) is 6.21. The lowest BCUT2D eigenvalue weighted by Crippen LogP contribution is -2.55. The molecule has 2 nitrogen and oxygen atoms in total. The Labute approximate surface area is 130 Å². The van der Waals surface area contributed by atoms with Gasteiger partial charge in [0.15, 0.2) is 0 Å². The third-order valence-electron chi connectivity index (χ3n) is 4.32. The van der Waals surface area contributed by atoms with Gasteiger partial charge in [0.2, 0.25) is 0 Å². The van der Waals surface area contributed by atoms with Crippen LogP contribution < -0.4 is 4.90 Å². The summed E-state index contributed by atoms with van der Waals surface area (Å²) in [6.07, 6.45) is -0.261. The maximum atomic E-state index is 14.4. The minimum Gasteiger partial charge on any atom is -0.377 e. The van der Waals surface area contributed by atoms with Crippen LogP contribution in [0.3, 0.4) is 0 Å². The predicted molar refractivity (Wildman–Crippen MR) is 82.4 cm³/mol. The van der Waals surface area contributed by atoms with Crippen LogP contribution in [0.5, 0.6) is 0 Å². The lowest BCUT2D eigenvalue weighted by molar-refractivity contribution is -0.0693. The Kier molecular flexibility index (Phi) is 5.05. The summed E-state index contributed by atoms with van der Waals surface area (Å²) >= 11 is 0. The Morgan fingerprint density at radius 1 is 1.36 bits per heavy atom. The first-order valence-corrected chi connectivity index (χ1v) is 7.80. The first-order chi connectivity index (χ1) is 10.3. The zero-order chi connectivity index (χ0) is 16.5. The molecule has 0 spiro atoms. The highest BCUT2D eigenvalue weighted by molar-refractivity contribution is 5.53. The Morgan fingerprint density at radius 2 is 2.05 bits per heavy atom. The molecule has 0 bridgehead atoms. The molecule has 1 aliphatic rings. The van der Waals surface area contributed by atoms with Gasteiger partial charge in [-0.1, -0.05) is 20.8 Å². The molecule has 1 aromatic rings. The van der Waals surface area contributed by atoms with Crippen molar-refractivity contribution in [2.45, 2.75) is 52.0 Å². The van der Waals surface area contributed by atoms with Gasteiger partial charge in [-0.3, -0.25) is 0 Å². The Balaban J connectivity index is 2.40. The van der Waals surface area contributed by atoms with Crippen LogP contribution in [0, 0.1) is 12.7 Å². The molecule has 0 N–H and O–H groups in total. The van der Waals surface area contributed by atoms with E-state index in [0.717, 1.165) is 5.56 Å². The molecular formula is C17H24F3NO. The Hall–Kier alpha value is -1.23. The minimum atomic E-state index is -2.86.